The minimum Gasteiger partial charge on any atom is -0.366 e. The van der Waals surface area contributed by atoms with E-state index in [9.17, 15) is 18.0 Å². The SMILES string of the molecule is CCN1CCN(Cc2ccc(C(N)=O)cc2C(F)(F)F)CC1. The number of nitrogens with zero attached hydrogens (tertiary/aromatic N) is 2. The molecular formula is C15H20F3N3O. The van der Waals surface area contributed by atoms with Crippen molar-refractivity contribution in [2.45, 2.75) is 19.6 Å². The highest BCUT2D eigenvalue weighted by Gasteiger charge is 2.34. The van der Waals surface area contributed by atoms with Gasteiger partial charge in [-0.2, -0.15) is 13.2 Å². The van der Waals surface area contributed by atoms with Crippen LogP contribution in [0.2, 0.25) is 0 Å². The van der Waals surface area contributed by atoms with Crippen molar-refractivity contribution < 1.29 is 18.0 Å². The van der Waals surface area contributed by atoms with E-state index >= 15 is 0 Å². The van der Waals surface area contributed by atoms with Crippen molar-refractivity contribution in [2.24, 2.45) is 5.73 Å². The molecule has 0 aliphatic carbocycles. The number of rotatable bonds is 4. The lowest BCUT2D eigenvalue weighted by Crippen LogP contribution is -2.45. The monoisotopic (exact) mass is 315 g/mol. The minimum atomic E-state index is -4.49. The summed E-state index contributed by atoms with van der Waals surface area (Å²) >= 11 is 0. The molecule has 0 spiro atoms. The Labute approximate surface area is 127 Å². The van der Waals surface area contributed by atoms with Crippen molar-refractivity contribution in [1.29, 1.82) is 0 Å². The van der Waals surface area contributed by atoms with E-state index in [0.29, 0.717) is 0 Å². The molecule has 0 aromatic heterocycles. The van der Waals surface area contributed by atoms with Gasteiger partial charge in [-0.3, -0.25) is 9.69 Å². The highest BCUT2D eigenvalue weighted by Crippen LogP contribution is 2.33. The maximum atomic E-state index is 13.2. The second-order valence-electron chi connectivity index (χ2n) is 5.44. The zero-order valence-corrected chi connectivity index (χ0v) is 12.5. The summed E-state index contributed by atoms with van der Waals surface area (Å²) in [5, 5.41) is 0. The molecule has 0 radical (unpaired) electrons. The van der Waals surface area contributed by atoms with E-state index in [1.807, 2.05) is 4.90 Å². The number of carbonyl (C=O) groups excluding carboxylic acids is 1. The van der Waals surface area contributed by atoms with E-state index in [2.05, 4.69) is 11.8 Å². The number of hydrogen-bond acceptors (Lipinski definition) is 3. The van der Waals surface area contributed by atoms with E-state index in [4.69, 9.17) is 5.73 Å². The number of alkyl halides is 3. The molecule has 1 amide bonds. The van der Waals surface area contributed by atoms with Gasteiger partial charge in [0.25, 0.3) is 0 Å². The van der Waals surface area contributed by atoms with Gasteiger partial charge in [0.2, 0.25) is 5.91 Å². The summed E-state index contributed by atoms with van der Waals surface area (Å²) in [5.41, 5.74) is 4.36. The molecule has 2 N–H and O–H groups in total. The van der Waals surface area contributed by atoms with Crippen LogP contribution in [-0.2, 0) is 12.7 Å². The summed E-state index contributed by atoms with van der Waals surface area (Å²) in [6.45, 7) is 6.44. The molecular weight excluding hydrogens is 295 g/mol. The van der Waals surface area contributed by atoms with Crippen molar-refractivity contribution in [3.8, 4) is 0 Å². The molecule has 0 atom stereocenters. The summed E-state index contributed by atoms with van der Waals surface area (Å²) in [4.78, 5) is 15.4. The summed E-state index contributed by atoms with van der Waals surface area (Å²) in [6.07, 6.45) is -4.49. The van der Waals surface area contributed by atoms with E-state index < -0.39 is 17.6 Å². The molecule has 1 saturated heterocycles. The zero-order valence-electron chi connectivity index (χ0n) is 12.5. The van der Waals surface area contributed by atoms with Crippen molar-refractivity contribution in [1.82, 2.24) is 9.80 Å². The Morgan fingerprint density at radius 1 is 1.18 bits per heavy atom. The second kappa shape index (κ2) is 6.66. The molecule has 2 rings (SSSR count). The summed E-state index contributed by atoms with van der Waals surface area (Å²) in [6, 6.07) is 3.56. The van der Waals surface area contributed by atoms with E-state index in [1.54, 1.807) is 0 Å². The van der Waals surface area contributed by atoms with Gasteiger partial charge in [0.15, 0.2) is 0 Å². The molecule has 1 aliphatic rings. The minimum absolute atomic E-state index is 0.119. The fourth-order valence-corrected chi connectivity index (χ4v) is 2.64. The molecule has 0 saturated carbocycles. The number of hydrogen-bond donors (Lipinski definition) is 1. The van der Waals surface area contributed by atoms with Crippen LogP contribution in [0.15, 0.2) is 18.2 Å². The van der Waals surface area contributed by atoms with Crippen LogP contribution in [0.3, 0.4) is 0 Å². The highest BCUT2D eigenvalue weighted by molar-refractivity contribution is 5.93. The smallest absolute Gasteiger partial charge is 0.366 e. The van der Waals surface area contributed by atoms with Gasteiger partial charge in [0, 0.05) is 38.3 Å². The van der Waals surface area contributed by atoms with E-state index in [1.165, 1.54) is 12.1 Å². The zero-order chi connectivity index (χ0) is 16.3. The largest absolute Gasteiger partial charge is 0.416 e. The lowest BCUT2D eigenvalue weighted by Gasteiger charge is -2.34. The number of benzene rings is 1. The third-order valence-electron chi connectivity index (χ3n) is 4.01. The lowest BCUT2D eigenvalue weighted by molar-refractivity contribution is -0.138. The molecule has 1 aromatic rings. The Bertz CT molecular complexity index is 537. The van der Waals surface area contributed by atoms with Crippen LogP contribution in [0.5, 0.6) is 0 Å². The lowest BCUT2D eigenvalue weighted by atomic mass is 10.0. The highest BCUT2D eigenvalue weighted by atomic mass is 19.4. The maximum absolute atomic E-state index is 13.2. The van der Waals surface area contributed by atoms with Gasteiger partial charge in [-0.15, -0.1) is 0 Å². The molecule has 0 bridgehead atoms. The van der Waals surface area contributed by atoms with Gasteiger partial charge in [-0.05, 0) is 24.2 Å². The molecule has 1 fully saturated rings. The number of carbonyl (C=O) groups is 1. The number of piperazine rings is 1. The Hall–Kier alpha value is -1.60. The summed E-state index contributed by atoms with van der Waals surface area (Å²) in [7, 11) is 0. The topological polar surface area (TPSA) is 49.6 Å². The first-order chi connectivity index (χ1) is 10.3. The first-order valence-corrected chi connectivity index (χ1v) is 7.26. The third-order valence-corrected chi connectivity index (χ3v) is 4.01. The number of nitrogens with two attached hydrogens (primary N) is 1. The summed E-state index contributed by atoms with van der Waals surface area (Å²) in [5.74, 6) is -0.853. The number of primary amides is 1. The first kappa shape index (κ1) is 16.8. The molecule has 1 heterocycles. The summed E-state index contributed by atoms with van der Waals surface area (Å²) < 4.78 is 39.6. The fourth-order valence-electron chi connectivity index (χ4n) is 2.64. The quantitative estimate of drug-likeness (QED) is 0.924. The average Bonchev–Trinajstić information content (AvgIpc) is 2.47. The average molecular weight is 315 g/mol. The molecule has 0 unspecified atom stereocenters. The third kappa shape index (κ3) is 3.98. The maximum Gasteiger partial charge on any atom is 0.416 e. The second-order valence-corrected chi connectivity index (χ2v) is 5.44. The van der Waals surface area contributed by atoms with Crippen LogP contribution in [0.25, 0.3) is 0 Å². The van der Waals surface area contributed by atoms with Gasteiger partial charge in [-0.1, -0.05) is 13.0 Å². The Kier molecular flexibility index (Phi) is 5.08. The number of likely N-dealkylation sites (N-methyl/N-ethyl adjacent to an activating group) is 1. The first-order valence-electron chi connectivity index (χ1n) is 7.26. The Morgan fingerprint density at radius 2 is 1.77 bits per heavy atom. The Balaban J connectivity index is 2.18. The van der Waals surface area contributed by atoms with Crippen LogP contribution < -0.4 is 5.73 Å². The number of amides is 1. The van der Waals surface area contributed by atoms with Crippen LogP contribution in [0.1, 0.15) is 28.4 Å². The normalized spacial score (nSPS) is 17.6. The standard InChI is InChI=1S/C15H20F3N3O/c1-2-20-5-7-21(8-6-20)10-12-4-3-11(14(19)22)9-13(12)15(16,17)18/h3-4,9H,2,5-8,10H2,1H3,(H2,19,22). The predicted molar refractivity (Wildman–Crippen MR) is 77.4 cm³/mol. The van der Waals surface area contributed by atoms with Crippen LogP contribution >= 0.6 is 0 Å². The van der Waals surface area contributed by atoms with Gasteiger partial charge < -0.3 is 10.6 Å². The van der Waals surface area contributed by atoms with Crippen LogP contribution in [-0.4, -0.2) is 48.4 Å². The number of halogens is 3. The molecule has 7 heteroatoms. The van der Waals surface area contributed by atoms with Gasteiger partial charge in [0.1, 0.15) is 0 Å². The molecule has 4 nitrogen and oxygen atoms in total. The van der Waals surface area contributed by atoms with Crippen molar-refractivity contribution in [3.63, 3.8) is 0 Å². The molecule has 22 heavy (non-hydrogen) atoms. The van der Waals surface area contributed by atoms with Gasteiger partial charge >= 0.3 is 6.18 Å². The molecule has 122 valence electrons. The van der Waals surface area contributed by atoms with Crippen molar-refractivity contribution >= 4 is 5.91 Å². The molecule has 1 aromatic carbocycles. The predicted octanol–water partition coefficient (Wildman–Crippen LogP) is 1.94. The van der Waals surface area contributed by atoms with Crippen LogP contribution in [0, 0.1) is 0 Å². The Morgan fingerprint density at radius 3 is 2.27 bits per heavy atom. The van der Waals surface area contributed by atoms with Gasteiger partial charge in [-0.25, -0.2) is 0 Å². The molecule has 1 aliphatic heterocycles. The van der Waals surface area contributed by atoms with Crippen molar-refractivity contribution in [3.05, 3.63) is 34.9 Å². The van der Waals surface area contributed by atoms with E-state index in [-0.39, 0.29) is 17.7 Å². The van der Waals surface area contributed by atoms with Crippen molar-refractivity contribution in [2.75, 3.05) is 32.7 Å². The van der Waals surface area contributed by atoms with Gasteiger partial charge in [0.05, 0.1) is 5.56 Å². The fraction of sp³-hybridized carbons (Fsp3) is 0.533. The van der Waals surface area contributed by atoms with Crippen LogP contribution in [0.4, 0.5) is 13.2 Å². The van der Waals surface area contributed by atoms with E-state index in [0.717, 1.165) is 38.8 Å².